The number of para-hydroxylation sites is 1. The minimum Gasteiger partial charge on any atom is -0.332 e. The summed E-state index contributed by atoms with van der Waals surface area (Å²) in [6.45, 7) is 7.29. The van der Waals surface area contributed by atoms with Crippen molar-refractivity contribution in [3.05, 3.63) is 70.3 Å². The summed E-state index contributed by atoms with van der Waals surface area (Å²) in [5.41, 5.74) is 1.84. The quantitative estimate of drug-likeness (QED) is 0.687. The zero-order valence-corrected chi connectivity index (χ0v) is 17.1. The van der Waals surface area contributed by atoms with Crippen molar-refractivity contribution in [3.63, 3.8) is 0 Å². The van der Waals surface area contributed by atoms with Gasteiger partial charge in [0.2, 0.25) is 0 Å². The maximum absolute atomic E-state index is 13.2. The van der Waals surface area contributed by atoms with E-state index in [1.54, 1.807) is 18.2 Å². The molecule has 3 aromatic rings. The predicted octanol–water partition coefficient (Wildman–Crippen LogP) is 3.39. The molecule has 1 atom stereocenters. The van der Waals surface area contributed by atoms with Gasteiger partial charge < -0.3 is 4.90 Å². The van der Waals surface area contributed by atoms with E-state index in [0.29, 0.717) is 18.8 Å². The number of hydrogen-bond acceptors (Lipinski definition) is 4. The average molecular weight is 390 g/mol. The molecule has 0 bridgehead atoms. The lowest BCUT2D eigenvalue weighted by Gasteiger charge is -2.25. The monoisotopic (exact) mass is 390 g/mol. The van der Waals surface area contributed by atoms with Crippen molar-refractivity contribution in [3.8, 4) is 0 Å². The molecule has 1 aromatic carbocycles. The van der Waals surface area contributed by atoms with E-state index in [4.69, 9.17) is 0 Å². The molecule has 6 heteroatoms. The van der Waals surface area contributed by atoms with Crippen LogP contribution in [0.3, 0.4) is 0 Å². The Bertz CT molecular complexity index is 1110. The summed E-state index contributed by atoms with van der Waals surface area (Å²) in [7, 11) is 0. The fourth-order valence-corrected chi connectivity index (χ4v) is 3.80. The first-order chi connectivity index (χ1) is 13.8. The van der Waals surface area contributed by atoms with E-state index >= 15 is 0 Å². The Morgan fingerprint density at radius 3 is 2.69 bits per heavy atom. The summed E-state index contributed by atoms with van der Waals surface area (Å²) in [5.74, 6) is -0.0849. The molecule has 1 fully saturated rings. The summed E-state index contributed by atoms with van der Waals surface area (Å²) in [6, 6.07) is 14.8. The molecule has 2 aromatic heterocycles. The van der Waals surface area contributed by atoms with Gasteiger partial charge in [-0.15, -0.1) is 0 Å². The Hall–Kier alpha value is -3.02. The fourth-order valence-electron chi connectivity index (χ4n) is 3.80. The minimum absolute atomic E-state index is 0.0591. The zero-order chi connectivity index (χ0) is 20.6. The van der Waals surface area contributed by atoms with Crippen LogP contribution in [-0.2, 0) is 12.0 Å². The standard InChI is InChI=1S/C23H26N4O2/c1-23(2,3)20-12-13-21(28)27(25-20)15-17-8-6-14-26(17)22(29)19-11-10-16-7-4-5-9-18(16)24-19/h4-5,7,9-13,17H,6,8,14-15H2,1-3H3. The molecule has 150 valence electrons. The summed E-state index contributed by atoms with van der Waals surface area (Å²) in [4.78, 5) is 31.9. The molecule has 0 saturated carbocycles. The molecule has 4 rings (SSSR count). The van der Waals surface area contributed by atoms with Crippen LogP contribution in [0.1, 0.15) is 49.8 Å². The first-order valence-corrected chi connectivity index (χ1v) is 10.1. The highest BCUT2D eigenvalue weighted by Crippen LogP contribution is 2.23. The van der Waals surface area contributed by atoms with Crippen molar-refractivity contribution in [1.82, 2.24) is 19.7 Å². The Labute approximate surface area is 170 Å². The number of carbonyl (C=O) groups is 1. The molecular formula is C23H26N4O2. The third-order valence-corrected chi connectivity index (χ3v) is 5.47. The number of amides is 1. The van der Waals surface area contributed by atoms with Gasteiger partial charge in [0.1, 0.15) is 5.69 Å². The van der Waals surface area contributed by atoms with Crippen LogP contribution in [0, 0.1) is 0 Å². The van der Waals surface area contributed by atoms with Crippen molar-refractivity contribution in [1.29, 1.82) is 0 Å². The summed E-state index contributed by atoms with van der Waals surface area (Å²) >= 11 is 0. The van der Waals surface area contributed by atoms with Crippen molar-refractivity contribution < 1.29 is 4.79 Å². The third kappa shape index (κ3) is 3.92. The summed E-state index contributed by atoms with van der Waals surface area (Å²) in [6.07, 6.45) is 1.77. The molecular weight excluding hydrogens is 364 g/mol. The fraction of sp³-hybridized carbons (Fsp3) is 0.391. The molecule has 29 heavy (non-hydrogen) atoms. The summed E-state index contributed by atoms with van der Waals surface area (Å²) < 4.78 is 1.50. The largest absolute Gasteiger partial charge is 0.332 e. The van der Waals surface area contributed by atoms with Gasteiger partial charge in [-0.1, -0.05) is 45.0 Å². The molecule has 1 saturated heterocycles. The molecule has 0 N–H and O–H groups in total. The Kier molecular flexibility index (Phi) is 4.94. The van der Waals surface area contributed by atoms with Crippen LogP contribution in [0.5, 0.6) is 0 Å². The second kappa shape index (κ2) is 7.43. The van der Waals surface area contributed by atoms with Gasteiger partial charge in [-0.05, 0) is 31.0 Å². The van der Waals surface area contributed by atoms with Crippen LogP contribution >= 0.6 is 0 Å². The third-order valence-electron chi connectivity index (χ3n) is 5.47. The smallest absolute Gasteiger partial charge is 0.272 e. The second-order valence-electron chi connectivity index (χ2n) is 8.67. The lowest BCUT2D eigenvalue weighted by Crippen LogP contribution is -2.41. The van der Waals surface area contributed by atoms with Gasteiger partial charge in [-0.2, -0.15) is 5.10 Å². The van der Waals surface area contributed by atoms with Gasteiger partial charge >= 0.3 is 0 Å². The van der Waals surface area contributed by atoms with Gasteiger partial charge in [0, 0.05) is 23.4 Å². The maximum atomic E-state index is 13.2. The van der Waals surface area contributed by atoms with Crippen molar-refractivity contribution in [2.75, 3.05) is 6.54 Å². The number of pyridine rings is 1. The number of likely N-dealkylation sites (tertiary alicyclic amines) is 1. The molecule has 1 aliphatic heterocycles. The van der Waals surface area contributed by atoms with Crippen LogP contribution in [0.15, 0.2) is 53.3 Å². The van der Waals surface area contributed by atoms with Crippen LogP contribution in [0.25, 0.3) is 10.9 Å². The highest BCUT2D eigenvalue weighted by Gasteiger charge is 2.31. The molecule has 3 heterocycles. The lowest BCUT2D eigenvalue weighted by atomic mass is 9.92. The normalized spacial score (nSPS) is 17.1. The Morgan fingerprint density at radius 2 is 1.90 bits per heavy atom. The molecule has 0 aliphatic carbocycles. The molecule has 6 nitrogen and oxygen atoms in total. The highest BCUT2D eigenvalue weighted by atomic mass is 16.2. The summed E-state index contributed by atoms with van der Waals surface area (Å²) in [5, 5.41) is 5.58. The Morgan fingerprint density at radius 1 is 1.10 bits per heavy atom. The number of nitrogens with zero attached hydrogens (tertiary/aromatic N) is 4. The van der Waals surface area contributed by atoms with Crippen molar-refractivity contribution in [2.45, 2.75) is 51.6 Å². The average Bonchev–Trinajstić information content (AvgIpc) is 3.16. The topological polar surface area (TPSA) is 68.1 Å². The van der Waals surface area contributed by atoms with Crippen LogP contribution < -0.4 is 5.56 Å². The molecule has 0 radical (unpaired) electrons. The van der Waals surface area contributed by atoms with E-state index in [1.165, 1.54) is 4.68 Å². The first-order valence-electron chi connectivity index (χ1n) is 10.1. The number of carbonyl (C=O) groups excluding carboxylic acids is 1. The molecule has 1 unspecified atom stereocenters. The number of benzene rings is 1. The molecule has 1 aliphatic rings. The van der Waals surface area contributed by atoms with Crippen molar-refractivity contribution in [2.24, 2.45) is 0 Å². The van der Waals surface area contributed by atoms with Crippen molar-refractivity contribution >= 4 is 16.8 Å². The van der Waals surface area contributed by atoms with Gasteiger partial charge in [0.05, 0.1) is 23.8 Å². The van der Waals surface area contributed by atoms with E-state index in [0.717, 1.165) is 29.4 Å². The van der Waals surface area contributed by atoms with Crippen LogP contribution in [-0.4, -0.2) is 38.2 Å². The first kappa shape index (κ1) is 19.3. The van der Waals surface area contributed by atoms with Gasteiger partial charge in [0.15, 0.2) is 0 Å². The number of fused-ring (bicyclic) bond motifs is 1. The van der Waals surface area contributed by atoms with E-state index < -0.39 is 0 Å². The zero-order valence-electron chi connectivity index (χ0n) is 17.1. The van der Waals surface area contributed by atoms with Gasteiger partial charge in [0.25, 0.3) is 11.5 Å². The van der Waals surface area contributed by atoms with Crippen LogP contribution in [0.2, 0.25) is 0 Å². The van der Waals surface area contributed by atoms with E-state index in [2.05, 4.69) is 30.9 Å². The second-order valence-corrected chi connectivity index (χ2v) is 8.67. The van der Waals surface area contributed by atoms with Gasteiger partial charge in [-0.3, -0.25) is 9.59 Å². The lowest BCUT2D eigenvalue weighted by molar-refractivity contribution is 0.0714. The molecule has 0 spiro atoms. The Balaban J connectivity index is 1.59. The van der Waals surface area contributed by atoms with E-state index in [9.17, 15) is 9.59 Å². The number of hydrogen-bond donors (Lipinski definition) is 0. The van der Waals surface area contributed by atoms with E-state index in [1.807, 2.05) is 35.2 Å². The number of rotatable bonds is 3. The highest BCUT2D eigenvalue weighted by molar-refractivity contribution is 5.95. The SMILES string of the molecule is CC(C)(C)c1ccc(=O)n(CC2CCCN2C(=O)c2ccc3ccccc3n2)n1. The maximum Gasteiger partial charge on any atom is 0.272 e. The van der Waals surface area contributed by atoms with E-state index in [-0.39, 0.29) is 22.9 Å². The molecule has 1 amide bonds. The minimum atomic E-state index is -0.143. The number of aromatic nitrogens is 3. The predicted molar refractivity (Wildman–Crippen MR) is 113 cm³/mol. The van der Waals surface area contributed by atoms with Crippen LogP contribution in [0.4, 0.5) is 0 Å². The van der Waals surface area contributed by atoms with Gasteiger partial charge in [-0.25, -0.2) is 9.67 Å².